The van der Waals surface area contributed by atoms with E-state index in [1.54, 1.807) is 24.3 Å². The minimum Gasteiger partial charge on any atom is -0.477 e. The molecule has 3 aromatic rings. The number of rotatable bonds is 2. The van der Waals surface area contributed by atoms with E-state index in [-0.39, 0.29) is 5.69 Å². The van der Waals surface area contributed by atoms with Crippen LogP contribution in [0.5, 0.6) is 0 Å². The summed E-state index contributed by atoms with van der Waals surface area (Å²) in [6.45, 7) is 0. The topological polar surface area (TPSA) is 66.2 Å². The van der Waals surface area contributed by atoms with Crippen LogP contribution in [0.4, 0.5) is 0 Å². The van der Waals surface area contributed by atoms with E-state index in [1.165, 1.54) is 6.07 Å². The van der Waals surface area contributed by atoms with E-state index in [0.717, 1.165) is 5.56 Å². The minimum atomic E-state index is -1.03. The number of nitrogens with one attached hydrogen (secondary N) is 1. The number of carbonyl (C=O) groups is 1. The minimum absolute atomic E-state index is 0.0921. The normalized spacial score (nSPS) is 11.1. The molecule has 0 radical (unpaired) electrons. The van der Waals surface area contributed by atoms with E-state index >= 15 is 0 Å². The third-order valence-electron chi connectivity index (χ3n) is 2.74. The highest BCUT2D eigenvalue weighted by Gasteiger charge is 2.13. The molecule has 0 spiro atoms. The van der Waals surface area contributed by atoms with Crippen LogP contribution >= 0.6 is 23.2 Å². The molecule has 2 heterocycles. The lowest BCUT2D eigenvalue weighted by atomic mass is 10.2. The fourth-order valence-electron chi connectivity index (χ4n) is 1.83. The van der Waals surface area contributed by atoms with Crippen molar-refractivity contribution in [2.45, 2.75) is 0 Å². The first kappa shape index (κ1) is 12.1. The van der Waals surface area contributed by atoms with Gasteiger partial charge in [0.25, 0.3) is 0 Å². The van der Waals surface area contributed by atoms with Crippen LogP contribution < -0.4 is 0 Å². The van der Waals surface area contributed by atoms with Crippen LogP contribution in [0, 0.1) is 0 Å². The molecule has 0 aliphatic carbocycles. The molecule has 2 N–H and O–H groups in total. The quantitative estimate of drug-likeness (QED) is 0.735. The third kappa shape index (κ3) is 2.09. The van der Waals surface area contributed by atoms with Gasteiger partial charge < -0.3 is 14.5 Å². The second-order valence-electron chi connectivity index (χ2n) is 4.01. The first-order valence-corrected chi connectivity index (χ1v) is 6.11. The molecule has 19 heavy (non-hydrogen) atoms. The molecule has 0 aliphatic heterocycles. The number of benzene rings is 1. The van der Waals surface area contributed by atoms with Gasteiger partial charge in [-0.1, -0.05) is 23.2 Å². The predicted octanol–water partition coefficient (Wildman–Crippen LogP) is 4.43. The van der Waals surface area contributed by atoms with Crippen molar-refractivity contribution in [2.75, 3.05) is 0 Å². The molecule has 0 amide bonds. The van der Waals surface area contributed by atoms with E-state index in [4.69, 9.17) is 32.7 Å². The number of aromatic nitrogens is 1. The number of aromatic amines is 1. The summed E-state index contributed by atoms with van der Waals surface area (Å²) in [7, 11) is 0. The molecule has 0 aliphatic rings. The number of H-pyrrole nitrogens is 1. The predicted molar refractivity (Wildman–Crippen MR) is 73.0 cm³/mol. The highest BCUT2D eigenvalue weighted by molar-refractivity contribution is 6.42. The maximum Gasteiger partial charge on any atom is 0.352 e. The standard InChI is InChI=1S/C13H7Cl2NO3/c14-7-2-1-6(3-8(7)15)11-4-9-12(19-11)5-10(16-9)13(17)18/h1-5,16H,(H,17,18). The van der Waals surface area contributed by atoms with E-state index in [2.05, 4.69) is 4.98 Å². The van der Waals surface area contributed by atoms with Crippen molar-refractivity contribution < 1.29 is 14.3 Å². The Morgan fingerprint density at radius 3 is 2.58 bits per heavy atom. The molecule has 2 aromatic heterocycles. The summed E-state index contributed by atoms with van der Waals surface area (Å²) >= 11 is 11.8. The fourth-order valence-corrected chi connectivity index (χ4v) is 2.13. The fraction of sp³-hybridized carbons (Fsp3) is 0. The second kappa shape index (κ2) is 4.33. The first-order valence-electron chi connectivity index (χ1n) is 5.36. The molecule has 96 valence electrons. The Labute approximate surface area is 117 Å². The van der Waals surface area contributed by atoms with Gasteiger partial charge in [-0.05, 0) is 18.2 Å². The van der Waals surface area contributed by atoms with Gasteiger partial charge in [-0.3, -0.25) is 0 Å². The molecule has 0 saturated heterocycles. The van der Waals surface area contributed by atoms with Gasteiger partial charge in [-0.2, -0.15) is 0 Å². The Kier molecular flexibility index (Phi) is 2.77. The van der Waals surface area contributed by atoms with Gasteiger partial charge in [0.2, 0.25) is 0 Å². The first-order chi connectivity index (χ1) is 9.04. The maximum absolute atomic E-state index is 10.8. The third-order valence-corrected chi connectivity index (χ3v) is 3.48. The second-order valence-corrected chi connectivity index (χ2v) is 4.82. The van der Waals surface area contributed by atoms with E-state index in [1.807, 2.05) is 0 Å². The zero-order valence-electron chi connectivity index (χ0n) is 9.41. The van der Waals surface area contributed by atoms with Crippen LogP contribution in [0.2, 0.25) is 10.0 Å². The molecule has 0 fully saturated rings. The van der Waals surface area contributed by atoms with Crippen molar-refractivity contribution in [3.63, 3.8) is 0 Å². The van der Waals surface area contributed by atoms with E-state index in [0.29, 0.717) is 26.9 Å². The number of hydrogen-bond donors (Lipinski definition) is 2. The van der Waals surface area contributed by atoms with Crippen molar-refractivity contribution in [2.24, 2.45) is 0 Å². The smallest absolute Gasteiger partial charge is 0.352 e. The van der Waals surface area contributed by atoms with Gasteiger partial charge in [0.15, 0.2) is 5.58 Å². The lowest BCUT2D eigenvalue weighted by Crippen LogP contribution is -1.94. The Hall–Kier alpha value is -1.91. The summed E-state index contributed by atoms with van der Waals surface area (Å²) in [5.74, 6) is -0.431. The van der Waals surface area contributed by atoms with Crippen LogP contribution in [-0.4, -0.2) is 16.1 Å². The van der Waals surface area contributed by atoms with E-state index < -0.39 is 5.97 Å². The average Bonchev–Trinajstić information content (AvgIpc) is 2.90. The highest BCUT2D eigenvalue weighted by atomic mass is 35.5. The number of furan rings is 1. The highest BCUT2D eigenvalue weighted by Crippen LogP contribution is 2.32. The van der Waals surface area contributed by atoms with Gasteiger partial charge in [-0.15, -0.1) is 0 Å². The lowest BCUT2D eigenvalue weighted by Gasteiger charge is -1.99. The monoisotopic (exact) mass is 295 g/mol. The Morgan fingerprint density at radius 2 is 1.95 bits per heavy atom. The van der Waals surface area contributed by atoms with E-state index in [9.17, 15) is 4.79 Å². The molecule has 0 atom stereocenters. The summed E-state index contributed by atoms with van der Waals surface area (Å²) in [5.41, 5.74) is 1.97. The molecule has 0 unspecified atom stereocenters. The molecule has 3 rings (SSSR count). The summed E-state index contributed by atoms with van der Waals surface area (Å²) in [5, 5.41) is 9.76. The van der Waals surface area contributed by atoms with Gasteiger partial charge in [0.1, 0.15) is 11.5 Å². The Balaban J connectivity index is 2.08. The lowest BCUT2D eigenvalue weighted by molar-refractivity contribution is 0.0691. The van der Waals surface area contributed by atoms with Gasteiger partial charge in [0.05, 0.1) is 15.6 Å². The van der Waals surface area contributed by atoms with Crippen LogP contribution in [0.15, 0.2) is 34.7 Å². The molecule has 1 aromatic carbocycles. The summed E-state index contributed by atoms with van der Waals surface area (Å²) < 4.78 is 5.58. The van der Waals surface area contributed by atoms with Crippen LogP contribution in [0.25, 0.3) is 22.4 Å². The van der Waals surface area contributed by atoms with Crippen LogP contribution in [0.3, 0.4) is 0 Å². The van der Waals surface area contributed by atoms with Crippen molar-refractivity contribution in [1.29, 1.82) is 0 Å². The Bertz CT molecular complexity index is 757. The summed E-state index contributed by atoms with van der Waals surface area (Å²) in [4.78, 5) is 13.6. The molecule has 0 saturated carbocycles. The van der Waals surface area contributed by atoms with Crippen molar-refractivity contribution >= 4 is 40.3 Å². The van der Waals surface area contributed by atoms with Gasteiger partial charge in [0, 0.05) is 17.7 Å². The number of carboxylic acids is 1. The van der Waals surface area contributed by atoms with Crippen molar-refractivity contribution in [3.05, 3.63) is 46.1 Å². The molecule has 6 heteroatoms. The van der Waals surface area contributed by atoms with Gasteiger partial charge in [-0.25, -0.2) is 4.79 Å². The summed E-state index contributed by atoms with van der Waals surface area (Å²) in [6.07, 6.45) is 0. The zero-order chi connectivity index (χ0) is 13.6. The van der Waals surface area contributed by atoms with Crippen LogP contribution in [-0.2, 0) is 0 Å². The molecular weight excluding hydrogens is 289 g/mol. The summed E-state index contributed by atoms with van der Waals surface area (Å²) in [6, 6.07) is 8.32. The molecule has 0 bridgehead atoms. The average molecular weight is 296 g/mol. The maximum atomic E-state index is 10.8. The number of fused-ring (bicyclic) bond motifs is 1. The molecule has 4 nitrogen and oxygen atoms in total. The number of aromatic carboxylic acids is 1. The largest absolute Gasteiger partial charge is 0.477 e. The van der Waals surface area contributed by atoms with Crippen molar-refractivity contribution in [1.82, 2.24) is 4.98 Å². The number of halogens is 2. The Morgan fingerprint density at radius 1 is 1.16 bits per heavy atom. The molecular formula is C13H7Cl2NO3. The van der Waals surface area contributed by atoms with Crippen LogP contribution in [0.1, 0.15) is 10.5 Å². The van der Waals surface area contributed by atoms with Crippen molar-refractivity contribution in [3.8, 4) is 11.3 Å². The SMILES string of the molecule is O=C(O)c1cc2oc(-c3ccc(Cl)c(Cl)c3)cc2[nH]1. The van der Waals surface area contributed by atoms with Gasteiger partial charge >= 0.3 is 5.97 Å². The zero-order valence-corrected chi connectivity index (χ0v) is 10.9. The number of hydrogen-bond acceptors (Lipinski definition) is 2. The number of carboxylic acid groups (broad SMARTS) is 1.